The Labute approximate surface area is 139 Å². The van der Waals surface area contributed by atoms with E-state index >= 15 is 0 Å². The van der Waals surface area contributed by atoms with Crippen LogP contribution < -0.4 is 4.74 Å². The lowest BCUT2D eigenvalue weighted by atomic mass is 10.3. The fourth-order valence-electron chi connectivity index (χ4n) is 1.86. The standard InChI is InChI=1S/C14H12N4O5S/c1-3-22-12(19)11-10(13(20)23-18-11)16-17-14-15-8-5-4-7(21-2)6-9(8)24-14/h4-6,20H,3H2,1-2H3. The van der Waals surface area contributed by atoms with Crippen molar-refractivity contribution >= 4 is 38.3 Å². The van der Waals surface area contributed by atoms with Gasteiger partial charge >= 0.3 is 11.9 Å². The summed E-state index contributed by atoms with van der Waals surface area (Å²) in [5, 5.41) is 21.1. The van der Waals surface area contributed by atoms with Crippen LogP contribution in [0.1, 0.15) is 17.4 Å². The summed E-state index contributed by atoms with van der Waals surface area (Å²) in [6.07, 6.45) is 0. The Morgan fingerprint density at radius 2 is 2.25 bits per heavy atom. The summed E-state index contributed by atoms with van der Waals surface area (Å²) in [5.74, 6) is -0.676. The number of carbonyl (C=O) groups excluding carboxylic acids is 1. The van der Waals surface area contributed by atoms with Gasteiger partial charge in [0.05, 0.1) is 23.9 Å². The Hall–Kier alpha value is -3.01. The molecule has 0 aliphatic carbocycles. The zero-order valence-electron chi connectivity index (χ0n) is 12.7. The molecule has 0 aliphatic rings. The fraction of sp³-hybridized carbons (Fsp3) is 0.214. The van der Waals surface area contributed by atoms with Crippen molar-refractivity contribution in [1.82, 2.24) is 10.1 Å². The Kier molecular flexibility index (Phi) is 4.38. The first kappa shape index (κ1) is 15.9. The first-order valence-corrected chi connectivity index (χ1v) is 7.66. The molecule has 0 unspecified atom stereocenters. The van der Waals surface area contributed by atoms with E-state index in [4.69, 9.17) is 9.47 Å². The number of methoxy groups -OCH3 is 1. The first-order chi connectivity index (χ1) is 11.6. The van der Waals surface area contributed by atoms with Crippen molar-refractivity contribution in [2.45, 2.75) is 6.92 Å². The van der Waals surface area contributed by atoms with Crippen LogP contribution in [0.3, 0.4) is 0 Å². The second-order valence-corrected chi connectivity index (χ2v) is 5.44. The van der Waals surface area contributed by atoms with Gasteiger partial charge < -0.3 is 19.1 Å². The number of ether oxygens (including phenoxy) is 2. The number of aromatic nitrogens is 2. The van der Waals surface area contributed by atoms with E-state index in [1.165, 1.54) is 11.3 Å². The van der Waals surface area contributed by atoms with Crippen LogP contribution in [-0.2, 0) is 4.74 Å². The molecule has 3 rings (SSSR count). The van der Waals surface area contributed by atoms with E-state index in [1.54, 1.807) is 26.2 Å². The van der Waals surface area contributed by atoms with Crippen molar-refractivity contribution in [3.63, 3.8) is 0 Å². The normalized spacial score (nSPS) is 11.2. The highest BCUT2D eigenvalue weighted by Crippen LogP contribution is 2.35. The largest absolute Gasteiger partial charge is 0.497 e. The maximum absolute atomic E-state index is 11.7. The minimum absolute atomic E-state index is 0.155. The SMILES string of the molecule is CCOC(=O)c1noc(O)c1N=Nc1nc2ccc(OC)cc2s1. The van der Waals surface area contributed by atoms with E-state index in [2.05, 4.69) is 24.9 Å². The molecule has 2 aromatic heterocycles. The van der Waals surface area contributed by atoms with Crippen LogP contribution in [0.4, 0.5) is 10.8 Å². The number of azo groups is 1. The number of hydrogen-bond acceptors (Lipinski definition) is 10. The lowest BCUT2D eigenvalue weighted by Crippen LogP contribution is -2.04. The molecule has 0 spiro atoms. The van der Waals surface area contributed by atoms with Crippen molar-refractivity contribution < 1.29 is 23.9 Å². The van der Waals surface area contributed by atoms with Gasteiger partial charge in [0.25, 0.3) is 0 Å². The highest BCUT2D eigenvalue weighted by molar-refractivity contribution is 7.21. The van der Waals surface area contributed by atoms with E-state index in [0.717, 1.165) is 10.2 Å². The van der Waals surface area contributed by atoms with Crippen molar-refractivity contribution in [3.8, 4) is 11.7 Å². The molecule has 0 aliphatic heterocycles. The summed E-state index contributed by atoms with van der Waals surface area (Å²) in [7, 11) is 1.58. The number of nitrogens with zero attached hydrogens (tertiary/aromatic N) is 4. The molecule has 0 radical (unpaired) electrons. The predicted octanol–water partition coefficient (Wildman–Crippen LogP) is 3.59. The van der Waals surface area contributed by atoms with E-state index < -0.39 is 11.9 Å². The predicted molar refractivity (Wildman–Crippen MR) is 84.5 cm³/mol. The topological polar surface area (TPSA) is 119 Å². The lowest BCUT2D eigenvalue weighted by molar-refractivity contribution is 0.0515. The van der Waals surface area contributed by atoms with Gasteiger partial charge in [0.15, 0.2) is 0 Å². The maximum atomic E-state index is 11.7. The average molecular weight is 348 g/mol. The van der Waals surface area contributed by atoms with Crippen molar-refractivity contribution in [1.29, 1.82) is 0 Å². The summed E-state index contributed by atoms with van der Waals surface area (Å²) in [4.78, 5) is 16.0. The number of fused-ring (bicyclic) bond motifs is 1. The first-order valence-electron chi connectivity index (χ1n) is 6.84. The summed E-state index contributed by atoms with van der Waals surface area (Å²) in [6, 6.07) is 5.41. The van der Waals surface area contributed by atoms with Gasteiger partial charge in [-0.15, -0.1) is 10.2 Å². The van der Waals surface area contributed by atoms with Gasteiger partial charge in [-0.05, 0) is 25.1 Å². The van der Waals surface area contributed by atoms with Crippen LogP contribution in [0.5, 0.6) is 11.7 Å². The zero-order chi connectivity index (χ0) is 17.1. The number of benzene rings is 1. The highest BCUT2D eigenvalue weighted by Gasteiger charge is 2.23. The average Bonchev–Trinajstić information content (AvgIpc) is 3.15. The highest BCUT2D eigenvalue weighted by atomic mass is 32.1. The Morgan fingerprint density at radius 1 is 1.42 bits per heavy atom. The number of aromatic hydroxyl groups is 1. The minimum atomic E-state index is -0.760. The second kappa shape index (κ2) is 6.62. The molecule has 0 fully saturated rings. The summed E-state index contributed by atoms with van der Waals surface area (Å²) >= 11 is 1.28. The van der Waals surface area contributed by atoms with Gasteiger partial charge in [0.1, 0.15) is 5.75 Å². The third-order valence-corrected chi connectivity index (χ3v) is 3.84. The van der Waals surface area contributed by atoms with Gasteiger partial charge in [0.2, 0.25) is 16.5 Å². The molecule has 124 valence electrons. The molecular formula is C14H12N4O5S. The second-order valence-electron chi connectivity index (χ2n) is 4.44. The molecule has 0 saturated carbocycles. The van der Waals surface area contributed by atoms with E-state index in [1.807, 2.05) is 6.07 Å². The lowest BCUT2D eigenvalue weighted by Gasteiger charge is -1.96. The van der Waals surface area contributed by atoms with Crippen molar-refractivity contribution in [2.24, 2.45) is 10.2 Å². The Morgan fingerprint density at radius 3 is 3.00 bits per heavy atom. The number of rotatable bonds is 5. The minimum Gasteiger partial charge on any atom is -0.497 e. The number of hydrogen-bond donors (Lipinski definition) is 1. The third kappa shape index (κ3) is 3.04. The molecular weight excluding hydrogens is 336 g/mol. The van der Waals surface area contributed by atoms with Crippen molar-refractivity contribution in [2.75, 3.05) is 13.7 Å². The summed E-state index contributed by atoms with van der Waals surface area (Å²) < 4.78 is 15.4. The zero-order valence-corrected chi connectivity index (χ0v) is 13.5. The number of thiazole rings is 1. The Bertz CT molecular complexity index is 917. The van der Waals surface area contributed by atoms with Crippen LogP contribution in [0.15, 0.2) is 33.0 Å². The van der Waals surface area contributed by atoms with Crippen molar-refractivity contribution in [3.05, 3.63) is 23.9 Å². The molecule has 0 amide bonds. The van der Waals surface area contributed by atoms with E-state index in [9.17, 15) is 9.90 Å². The quantitative estimate of drug-likeness (QED) is 0.552. The molecule has 10 heteroatoms. The molecule has 3 aromatic rings. The molecule has 0 bridgehead atoms. The van der Waals surface area contributed by atoms with Crippen LogP contribution in [0.25, 0.3) is 10.2 Å². The third-order valence-electron chi connectivity index (χ3n) is 2.94. The maximum Gasteiger partial charge on any atom is 0.363 e. The van der Waals surface area contributed by atoms with Crippen LogP contribution in [0.2, 0.25) is 0 Å². The van der Waals surface area contributed by atoms with Crippen LogP contribution >= 0.6 is 11.3 Å². The molecule has 0 atom stereocenters. The summed E-state index contributed by atoms with van der Waals surface area (Å²) in [6.45, 7) is 1.80. The molecule has 24 heavy (non-hydrogen) atoms. The Balaban J connectivity index is 1.91. The molecule has 9 nitrogen and oxygen atoms in total. The monoisotopic (exact) mass is 348 g/mol. The number of carbonyl (C=O) groups is 1. The number of esters is 1. The smallest absolute Gasteiger partial charge is 0.363 e. The molecule has 1 N–H and O–H groups in total. The van der Waals surface area contributed by atoms with E-state index in [-0.39, 0.29) is 18.0 Å². The van der Waals surface area contributed by atoms with Crippen LogP contribution in [-0.4, -0.2) is 34.9 Å². The van der Waals surface area contributed by atoms with E-state index in [0.29, 0.717) is 10.9 Å². The summed E-state index contributed by atoms with van der Waals surface area (Å²) in [5.41, 5.74) is 0.279. The fourth-order valence-corrected chi connectivity index (χ4v) is 2.67. The van der Waals surface area contributed by atoms with Gasteiger partial charge in [-0.2, -0.15) is 0 Å². The van der Waals surface area contributed by atoms with Gasteiger partial charge in [-0.3, -0.25) is 0 Å². The van der Waals surface area contributed by atoms with Gasteiger partial charge in [0, 0.05) is 0 Å². The molecule has 1 aromatic carbocycles. The molecule has 0 saturated heterocycles. The van der Waals surface area contributed by atoms with Gasteiger partial charge in [-0.1, -0.05) is 16.5 Å². The van der Waals surface area contributed by atoms with Crippen LogP contribution in [0, 0.1) is 0 Å². The van der Waals surface area contributed by atoms with Gasteiger partial charge in [-0.25, -0.2) is 9.78 Å². The molecule has 2 heterocycles.